The van der Waals surface area contributed by atoms with E-state index in [9.17, 15) is 8.42 Å². The zero-order valence-corrected chi connectivity index (χ0v) is 11.8. The van der Waals surface area contributed by atoms with Crippen molar-refractivity contribution >= 4 is 26.0 Å². The maximum atomic E-state index is 12.0. The van der Waals surface area contributed by atoms with Crippen molar-refractivity contribution in [1.29, 1.82) is 0 Å². The predicted octanol–water partition coefficient (Wildman–Crippen LogP) is 1.18. The maximum Gasteiger partial charge on any atom is 0.215 e. The van der Waals surface area contributed by atoms with Gasteiger partial charge in [0.05, 0.1) is 5.75 Å². The van der Waals surface area contributed by atoms with Crippen LogP contribution in [0.1, 0.15) is 5.56 Å². The standard InChI is InChI=1S/C11H15BrN2O2S/c12-11-3-1-2-10(8-11)9-14-6-4-13-5-7-17(14,15)16/h1-3,8,13H,4-7,9H2. The van der Waals surface area contributed by atoms with Gasteiger partial charge in [-0.3, -0.25) is 0 Å². The van der Waals surface area contributed by atoms with Gasteiger partial charge in [0, 0.05) is 30.7 Å². The SMILES string of the molecule is O=S1(=O)CCNCCN1Cc1cccc(Br)c1. The highest BCUT2D eigenvalue weighted by Crippen LogP contribution is 2.15. The minimum absolute atomic E-state index is 0.182. The topological polar surface area (TPSA) is 49.4 Å². The van der Waals surface area contributed by atoms with Gasteiger partial charge < -0.3 is 5.32 Å². The molecule has 0 atom stereocenters. The zero-order chi connectivity index (χ0) is 12.3. The summed E-state index contributed by atoms with van der Waals surface area (Å²) in [6, 6.07) is 7.75. The Morgan fingerprint density at radius 1 is 1.35 bits per heavy atom. The van der Waals surface area contributed by atoms with Crippen molar-refractivity contribution in [2.45, 2.75) is 6.54 Å². The summed E-state index contributed by atoms with van der Waals surface area (Å²) in [6.07, 6.45) is 0. The van der Waals surface area contributed by atoms with Crippen molar-refractivity contribution in [3.63, 3.8) is 0 Å². The number of nitrogens with one attached hydrogen (secondary N) is 1. The van der Waals surface area contributed by atoms with Crippen LogP contribution >= 0.6 is 15.9 Å². The van der Waals surface area contributed by atoms with Crippen LogP contribution in [0.15, 0.2) is 28.7 Å². The Labute approximate surface area is 110 Å². The van der Waals surface area contributed by atoms with Gasteiger partial charge in [-0.2, -0.15) is 4.31 Å². The Morgan fingerprint density at radius 3 is 2.94 bits per heavy atom. The second-order valence-corrected chi connectivity index (χ2v) is 7.03. The van der Waals surface area contributed by atoms with Crippen LogP contribution in [0, 0.1) is 0 Å². The van der Waals surface area contributed by atoms with E-state index in [1.165, 1.54) is 0 Å². The first-order chi connectivity index (χ1) is 8.08. The minimum Gasteiger partial charge on any atom is -0.314 e. The second kappa shape index (κ2) is 5.48. The molecule has 0 aromatic heterocycles. The Morgan fingerprint density at radius 2 is 2.18 bits per heavy atom. The molecule has 94 valence electrons. The number of nitrogens with zero attached hydrogens (tertiary/aromatic N) is 1. The van der Waals surface area contributed by atoms with Gasteiger partial charge >= 0.3 is 0 Å². The van der Waals surface area contributed by atoms with Crippen LogP contribution in [0.2, 0.25) is 0 Å². The molecule has 1 aliphatic rings. The molecule has 6 heteroatoms. The van der Waals surface area contributed by atoms with Crippen LogP contribution < -0.4 is 5.32 Å². The third kappa shape index (κ3) is 3.51. The molecule has 17 heavy (non-hydrogen) atoms. The van der Waals surface area contributed by atoms with Gasteiger partial charge in [0.1, 0.15) is 0 Å². The summed E-state index contributed by atoms with van der Waals surface area (Å²) in [5.41, 5.74) is 1.00. The Bertz CT molecular complexity index is 490. The fourth-order valence-corrected chi connectivity index (χ4v) is 3.64. The monoisotopic (exact) mass is 318 g/mol. The number of benzene rings is 1. The summed E-state index contributed by atoms with van der Waals surface area (Å²) in [5.74, 6) is 0.182. The summed E-state index contributed by atoms with van der Waals surface area (Å²) in [4.78, 5) is 0. The quantitative estimate of drug-likeness (QED) is 0.891. The van der Waals surface area contributed by atoms with Crippen molar-refractivity contribution < 1.29 is 8.42 Å². The molecule has 0 bridgehead atoms. The summed E-state index contributed by atoms with van der Waals surface area (Å²) in [5, 5.41) is 3.10. The zero-order valence-electron chi connectivity index (χ0n) is 9.39. The highest BCUT2D eigenvalue weighted by Gasteiger charge is 2.23. The molecule has 0 spiro atoms. The van der Waals surface area contributed by atoms with Gasteiger partial charge in [-0.05, 0) is 17.7 Å². The van der Waals surface area contributed by atoms with E-state index < -0.39 is 10.0 Å². The highest BCUT2D eigenvalue weighted by atomic mass is 79.9. The minimum atomic E-state index is -3.12. The van der Waals surface area contributed by atoms with Crippen molar-refractivity contribution in [2.24, 2.45) is 0 Å². The molecule has 1 N–H and O–H groups in total. The normalized spacial score (nSPS) is 21.0. The summed E-state index contributed by atoms with van der Waals surface area (Å²) in [6.45, 7) is 2.24. The first-order valence-electron chi connectivity index (χ1n) is 5.51. The fraction of sp³-hybridized carbons (Fsp3) is 0.455. The lowest BCUT2D eigenvalue weighted by Gasteiger charge is -2.19. The van der Waals surface area contributed by atoms with E-state index in [1.54, 1.807) is 4.31 Å². The third-order valence-electron chi connectivity index (χ3n) is 2.72. The molecule has 1 aliphatic heterocycles. The molecule has 1 aromatic rings. The molecule has 0 saturated carbocycles. The Balaban J connectivity index is 2.16. The lowest BCUT2D eigenvalue weighted by atomic mass is 10.2. The molecular formula is C11H15BrN2O2S. The second-order valence-electron chi connectivity index (χ2n) is 4.03. The first kappa shape index (κ1) is 13.0. The van der Waals surface area contributed by atoms with Crippen LogP contribution in [0.25, 0.3) is 0 Å². The van der Waals surface area contributed by atoms with E-state index in [4.69, 9.17) is 0 Å². The van der Waals surface area contributed by atoms with E-state index in [2.05, 4.69) is 21.2 Å². The Hall–Kier alpha value is -0.430. The van der Waals surface area contributed by atoms with Gasteiger partial charge in [-0.1, -0.05) is 28.1 Å². The van der Waals surface area contributed by atoms with Crippen molar-refractivity contribution in [1.82, 2.24) is 9.62 Å². The van der Waals surface area contributed by atoms with Crippen LogP contribution in [-0.4, -0.2) is 38.1 Å². The molecule has 1 saturated heterocycles. The average Bonchev–Trinajstić information content (AvgIpc) is 2.41. The first-order valence-corrected chi connectivity index (χ1v) is 7.91. The van der Waals surface area contributed by atoms with E-state index in [0.29, 0.717) is 26.2 Å². The van der Waals surface area contributed by atoms with Gasteiger partial charge in [-0.15, -0.1) is 0 Å². The van der Waals surface area contributed by atoms with Crippen molar-refractivity contribution in [2.75, 3.05) is 25.4 Å². The van der Waals surface area contributed by atoms with E-state index >= 15 is 0 Å². The lowest BCUT2D eigenvalue weighted by Crippen LogP contribution is -2.33. The molecule has 0 amide bonds. The number of hydrogen-bond acceptors (Lipinski definition) is 3. The average molecular weight is 319 g/mol. The maximum absolute atomic E-state index is 12.0. The summed E-state index contributed by atoms with van der Waals surface area (Å²) >= 11 is 3.39. The summed E-state index contributed by atoms with van der Waals surface area (Å²) in [7, 11) is -3.12. The number of rotatable bonds is 2. The molecular weight excluding hydrogens is 304 g/mol. The van der Waals surface area contributed by atoms with Gasteiger partial charge in [0.15, 0.2) is 0 Å². The molecule has 0 radical (unpaired) electrons. The molecule has 1 aromatic carbocycles. The van der Waals surface area contributed by atoms with E-state index in [0.717, 1.165) is 10.0 Å². The van der Waals surface area contributed by atoms with Crippen LogP contribution in [0.5, 0.6) is 0 Å². The molecule has 1 fully saturated rings. The van der Waals surface area contributed by atoms with Crippen LogP contribution in [0.4, 0.5) is 0 Å². The van der Waals surface area contributed by atoms with Crippen molar-refractivity contribution in [3.05, 3.63) is 34.3 Å². The highest BCUT2D eigenvalue weighted by molar-refractivity contribution is 9.10. The molecule has 1 heterocycles. The fourth-order valence-electron chi connectivity index (χ4n) is 1.81. The van der Waals surface area contributed by atoms with Gasteiger partial charge in [-0.25, -0.2) is 8.42 Å². The Kier molecular flexibility index (Phi) is 4.19. The molecule has 0 unspecified atom stereocenters. The van der Waals surface area contributed by atoms with Gasteiger partial charge in [0.2, 0.25) is 10.0 Å². The number of sulfonamides is 1. The van der Waals surface area contributed by atoms with E-state index in [1.807, 2.05) is 24.3 Å². The summed E-state index contributed by atoms with van der Waals surface area (Å²) < 4.78 is 26.5. The largest absolute Gasteiger partial charge is 0.314 e. The third-order valence-corrected chi connectivity index (χ3v) is 5.03. The van der Waals surface area contributed by atoms with Crippen LogP contribution in [0.3, 0.4) is 0 Å². The molecule has 2 rings (SSSR count). The van der Waals surface area contributed by atoms with Crippen LogP contribution in [-0.2, 0) is 16.6 Å². The molecule has 0 aliphatic carbocycles. The van der Waals surface area contributed by atoms with E-state index in [-0.39, 0.29) is 5.75 Å². The lowest BCUT2D eigenvalue weighted by molar-refractivity contribution is 0.415. The number of hydrogen-bond donors (Lipinski definition) is 1. The van der Waals surface area contributed by atoms with Gasteiger partial charge in [0.25, 0.3) is 0 Å². The van der Waals surface area contributed by atoms with Crippen molar-refractivity contribution in [3.8, 4) is 0 Å². The smallest absolute Gasteiger partial charge is 0.215 e. The molecule has 4 nitrogen and oxygen atoms in total. The number of halogens is 1. The predicted molar refractivity (Wildman–Crippen MR) is 71.2 cm³/mol.